The van der Waals surface area contributed by atoms with Crippen LogP contribution in [-0.4, -0.2) is 10.9 Å². The lowest BCUT2D eigenvalue weighted by atomic mass is 9.86. The molecule has 1 rings (SSSR count). The van der Waals surface area contributed by atoms with Crippen molar-refractivity contribution in [3.63, 3.8) is 0 Å². The van der Waals surface area contributed by atoms with Crippen molar-refractivity contribution in [2.75, 3.05) is 5.73 Å². The second-order valence-electron chi connectivity index (χ2n) is 4.35. The van der Waals surface area contributed by atoms with Gasteiger partial charge in [0.1, 0.15) is 5.75 Å². The van der Waals surface area contributed by atoms with E-state index in [0.29, 0.717) is 11.3 Å². The molecule has 3 N–H and O–H groups in total. The van der Waals surface area contributed by atoms with Crippen LogP contribution in [0, 0.1) is 5.41 Å². The second kappa shape index (κ2) is 3.33. The van der Waals surface area contributed by atoms with Gasteiger partial charge in [0.15, 0.2) is 5.78 Å². The zero-order valence-corrected chi connectivity index (χ0v) is 8.66. The summed E-state index contributed by atoms with van der Waals surface area (Å²) in [4.78, 5) is 11.8. The first kappa shape index (κ1) is 10.6. The fourth-order valence-corrected chi connectivity index (χ4v) is 1.16. The standard InChI is InChI=1S/C11H15NO2/c1-11(2,3)10(14)8-5-4-7(13)6-9(8)12/h4-6,13H,12H2,1-3H3. The van der Waals surface area contributed by atoms with E-state index in [1.54, 1.807) is 6.07 Å². The molecule has 14 heavy (non-hydrogen) atoms. The van der Waals surface area contributed by atoms with Crippen LogP contribution in [0.15, 0.2) is 18.2 Å². The molecule has 0 aliphatic rings. The van der Waals surface area contributed by atoms with E-state index < -0.39 is 5.41 Å². The highest BCUT2D eigenvalue weighted by atomic mass is 16.3. The van der Waals surface area contributed by atoms with Gasteiger partial charge >= 0.3 is 0 Å². The SMILES string of the molecule is CC(C)(C)C(=O)c1ccc(O)cc1N. The van der Waals surface area contributed by atoms with Crippen LogP contribution in [0.2, 0.25) is 0 Å². The van der Waals surface area contributed by atoms with Gasteiger partial charge in [-0.05, 0) is 12.1 Å². The summed E-state index contributed by atoms with van der Waals surface area (Å²) in [6.07, 6.45) is 0. The minimum atomic E-state index is -0.453. The highest BCUT2D eigenvalue weighted by molar-refractivity contribution is 6.04. The minimum absolute atomic E-state index is 0.0185. The van der Waals surface area contributed by atoms with Crippen LogP contribution in [0.1, 0.15) is 31.1 Å². The number of phenols is 1. The maximum atomic E-state index is 11.8. The third-order valence-corrected chi connectivity index (χ3v) is 1.96. The normalized spacial score (nSPS) is 11.4. The molecule has 0 aromatic heterocycles. The van der Waals surface area contributed by atoms with Crippen molar-refractivity contribution in [2.45, 2.75) is 20.8 Å². The van der Waals surface area contributed by atoms with E-state index in [4.69, 9.17) is 10.8 Å². The van der Waals surface area contributed by atoms with Gasteiger partial charge in [-0.15, -0.1) is 0 Å². The average Bonchev–Trinajstić information content (AvgIpc) is 2.01. The number of ketones is 1. The van der Waals surface area contributed by atoms with Crippen LogP contribution in [0.4, 0.5) is 5.69 Å². The summed E-state index contributed by atoms with van der Waals surface area (Å²) < 4.78 is 0. The van der Waals surface area contributed by atoms with E-state index >= 15 is 0 Å². The van der Waals surface area contributed by atoms with Gasteiger partial charge in [0.25, 0.3) is 0 Å². The molecule has 0 fully saturated rings. The van der Waals surface area contributed by atoms with E-state index in [2.05, 4.69) is 0 Å². The average molecular weight is 193 g/mol. The number of Topliss-reactive ketones (excluding diaryl/α,β-unsaturated/α-hetero) is 1. The molecule has 0 unspecified atom stereocenters. The lowest BCUT2D eigenvalue weighted by Crippen LogP contribution is -2.21. The molecule has 0 atom stereocenters. The summed E-state index contributed by atoms with van der Waals surface area (Å²) >= 11 is 0. The summed E-state index contributed by atoms with van der Waals surface area (Å²) in [6.45, 7) is 5.50. The Bertz CT molecular complexity index is 364. The summed E-state index contributed by atoms with van der Waals surface area (Å²) in [6, 6.07) is 4.41. The van der Waals surface area contributed by atoms with Crippen molar-refractivity contribution in [1.82, 2.24) is 0 Å². The van der Waals surface area contributed by atoms with Crippen LogP contribution < -0.4 is 5.73 Å². The van der Waals surface area contributed by atoms with Crippen molar-refractivity contribution < 1.29 is 9.90 Å². The molecule has 0 heterocycles. The van der Waals surface area contributed by atoms with Crippen molar-refractivity contribution in [1.29, 1.82) is 0 Å². The lowest BCUT2D eigenvalue weighted by molar-refractivity contribution is 0.0859. The molecule has 0 saturated carbocycles. The fraction of sp³-hybridized carbons (Fsp3) is 0.364. The molecule has 1 aromatic rings. The molecule has 0 spiro atoms. The molecule has 76 valence electrons. The summed E-state index contributed by atoms with van der Waals surface area (Å²) in [5.74, 6) is 0.0583. The van der Waals surface area contributed by atoms with Gasteiger partial charge in [0, 0.05) is 22.7 Å². The Morgan fingerprint density at radius 1 is 1.36 bits per heavy atom. The van der Waals surface area contributed by atoms with Crippen LogP contribution in [-0.2, 0) is 0 Å². The summed E-state index contributed by atoms with van der Waals surface area (Å²) in [7, 11) is 0. The van der Waals surface area contributed by atoms with Crippen LogP contribution in [0.25, 0.3) is 0 Å². The van der Waals surface area contributed by atoms with Gasteiger partial charge in [-0.1, -0.05) is 20.8 Å². The fourth-order valence-electron chi connectivity index (χ4n) is 1.16. The molecule has 0 bridgehead atoms. The van der Waals surface area contributed by atoms with E-state index in [-0.39, 0.29) is 11.5 Å². The van der Waals surface area contributed by atoms with E-state index in [0.717, 1.165) is 0 Å². The number of rotatable bonds is 1. The molecule has 0 amide bonds. The Morgan fingerprint density at radius 3 is 2.36 bits per heavy atom. The highest BCUT2D eigenvalue weighted by Gasteiger charge is 2.24. The number of anilines is 1. The van der Waals surface area contributed by atoms with Crippen molar-refractivity contribution >= 4 is 11.5 Å². The molecule has 0 aliphatic carbocycles. The molecular formula is C11H15NO2. The van der Waals surface area contributed by atoms with Crippen LogP contribution in [0.5, 0.6) is 5.75 Å². The van der Waals surface area contributed by atoms with Gasteiger partial charge in [-0.3, -0.25) is 4.79 Å². The summed E-state index contributed by atoms with van der Waals surface area (Å²) in [5, 5.41) is 9.13. The number of nitrogens with two attached hydrogens (primary N) is 1. The largest absolute Gasteiger partial charge is 0.508 e. The Labute approximate surface area is 83.6 Å². The Hall–Kier alpha value is -1.51. The van der Waals surface area contributed by atoms with E-state index in [9.17, 15) is 4.79 Å². The first-order valence-corrected chi connectivity index (χ1v) is 4.45. The van der Waals surface area contributed by atoms with Crippen LogP contribution >= 0.6 is 0 Å². The smallest absolute Gasteiger partial charge is 0.170 e. The van der Waals surface area contributed by atoms with Gasteiger partial charge < -0.3 is 10.8 Å². The topological polar surface area (TPSA) is 63.3 Å². The summed E-state index contributed by atoms with van der Waals surface area (Å²) in [5.41, 5.74) is 5.98. The molecule has 3 nitrogen and oxygen atoms in total. The number of aromatic hydroxyl groups is 1. The number of hydrogen-bond acceptors (Lipinski definition) is 3. The number of carbonyl (C=O) groups excluding carboxylic acids is 1. The zero-order valence-electron chi connectivity index (χ0n) is 8.66. The zero-order chi connectivity index (χ0) is 10.9. The second-order valence-corrected chi connectivity index (χ2v) is 4.35. The number of nitrogen functional groups attached to an aromatic ring is 1. The molecule has 1 aromatic carbocycles. The first-order valence-electron chi connectivity index (χ1n) is 4.45. The Kier molecular flexibility index (Phi) is 2.51. The molecule has 0 aliphatic heterocycles. The molecule has 0 saturated heterocycles. The predicted molar refractivity (Wildman–Crippen MR) is 56.3 cm³/mol. The number of phenolic OH excluding ortho intramolecular Hbond substituents is 1. The van der Waals surface area contributed by atoms with Crippen molar-refractivity contribution in [3.05, 3.63) is 23.8 Å². The van der Waals surface area contributed by atoms with E-state index in [1.165, 1.54) is 12.1 Å². The third-order valence-electron chi connectivity index (χ3n) is 1.96. The minimum Gasteiger partial charge on any atom is -0.508 e. The van der Waals surface area contributed by atoms with E-state index in [1.807, 2.05) is 20.8 Å². The lowest BCUT2D eigenvalue weighted by Gasteiger charge is -2.17. The van der Waals surface area contributed by atoms with Crippen molar-refractivity contribution in [2.24, 2.45) is 5.41 Å². The van der Waals surface area contributed by atoms with Gasteiger partial charge in [-0.2, -0.15) is 0 Å². The third kappa shape index (κ3) is 2.05. The number of carbonyl (C=O) groups is 1. The van der Waals surface area contributed by atoms with Gasteiger partial charge in [0.2, 0.25) is 0 Å². The predicted octanol–water partition coefficient (Wildman–Crippen LogP) is 2.20. The maximum absolute atomic E-state index is 11.8. The Morgan fingerprint density at radius 2 is 1.93 bits per heavy atom. The highest BCUT2D eigenvalue weighted by Crippen LogP contribution is 2.26. The Balaban J connectivity index is 3.15. The van der Waals surface area contributed by atoms with Crippen molar-refractivity contribution in [3.8, 4) is 5.75 Å². The first-order chi connectivity index (χ1) is 6.32. The van der Waals surface area contributed by atoms with Gasteiger partial charge in [-0.25, -0.2) is 0 Å². The number of hydrogen-bond donors (Lipinski definition) is 2. The quantitative estimate of drug-likeness (QED) is 0.531. The van der Waals surface area contributed by atoms with Crippen LogP contribution in [0.3, 0.4) is 0 Å². The maximum Gasteiger partial charge on any atom is 0.170 e. The molecule has 3 heteroatoms. The molecular weight excluding hydrogens is 178 g/mol. The molecule has 0 radical (unpaired) electrons. The monoisotopic (exact) mass is 193 g/mol. The number of benzene rings is 1. The van der Waals surface area contributed by atoms with Gasteiger partial charge in [0.05, 0.1) is 0 Å².